The van der Waals surface area contributed by atoms with Crippen molar-refractivity contribution in [3.05, 3.63) is 0 Å². The smallest absolute Gasteiger partial charge is 0.0000389 e. The Bertz CT molecular complexity index is 84.7. The summed E-state index contributed by atoms with van der Waals surface area (Å²) in [6, 6.07) is 0. The topological polar surface area (TPSA) is 12.0 Å². The highest BCUT2D eigenvalue weighted by Crippen LogP contribution is 2.23. The summed E-state index contributed by atoms with van der Waals surface area (Å²) in [4.78, 5) is 0. The van der Waals surface area contributed by atoms with Crippen LogP contribution in [-0.4, -0.2) is 13.6 Å². The van der Waals surface area contributed by atoms with Gasteiger partial charge in [0.15, 0.2) is 0 Å². The van der Waals surface area contributed by atoms with Crippen LogP contribution >= 0.6 is 0 Å². The van der Waals surface area contributed by atoms with Crippen molar-refractivity contribution in [3.8, 4) is 0 Å². The molecule has 0 aromatic heterocycles. The van der Waals surface area contributed by atoms with Gasteiger partial charge in [0.2, 0.25) is 0 Å². The molecule has 0 amide bonds. The first-order valence-electron chi connectivity index (χ1n) is 4.12. The van der Waals surface area contributed by atoms with E-state index >= 15 is 0 Å². The van der Waals surface area contributed by atoms with Crippen molar-refractivity contribution in [2.75, 3.05) is 13.6 Å². The average Bonchev–Trinajstić information content (AvgIpc) is 1.59. The van der Waals surface area contributed by atoms with Gasteiger partial charge in [0.1, 0.15) is 0 Å². The molecule has 0 aromatic carbocycles. The monoisotopic (exact) mass is 143 g/mol. The molecule has 1 nitrogen and oxygen atoms in total. The molecule has 1 N–H and O–H groups in total. The van der Waals surface area contributed by atoms with Crippen molar-refractivity contribution < 1.29 is 0 Å². The second-order valence-electron chi connectivity index (χ2n) is 4.29. The van der Waals surface area contributed by atoms with Gasteiger partial charge in [-0.25, -0.2) is 0 Å². The van der Waals surface area contributed by atoms with Gasteiger partial charge in [0.05, 0.1) is 0 Å². The van der Waals surface area contributed by atoms with E-state index < -0.39 is 0 Å². The zero-order valence-corrected chi connectivity index (χ0v) is 7.99. The maximum atomic E-state index is 3.21. The summed E-state index contributed by atoms with van der Waals surface area (Å²) >= 11 is 0. The molecule has 0 atom stereocenters. The van der Waals surface area contributed by atoms with Crippen LogP contribution in [0.15, 0.2) is 0 Å². The lowest BCUT2D eigenvalue weighted by Gasteiger charge is -2.26. The fourth-order valence-electron chi connectivity index (χ4n) is 1.66. The van der Waals surface area contributed by atoms with E-state index in [0.717, 1.165) is 12.5 Å². The van der Waals surface area contributed by atoms with Gasteiger partial charge in [-0.05, 0) is 31.3 Å². The fourth-order valence-corrected chi connectivity index (χ4v) is 1.66. The minimum absolute atomic E-state index is 0.461. The number of rotatable bonds is 4. The second kappa shape index (κ2) is 3.97. The van der Waals surface area contributed by atoms with E-state index in [1.165, 1.54) is 6.42 Å². The zero-order valence-electron chi connectivity index (χ0n) is 7.99. The Labute approximate surface area is 65.2 Å². The van der Waals surface area contributed by atoms with E-state index in [9.17, 15) is 0 Å². The molecule has 0 aliphatic heterocycles. The van der Waals surface area contributed by atoms with Crippen molar-refractivity contribution in [1.29, 1.82) is 0 Å². The van der Waals surface area contributed by atoms with Crippen molar-refractivity contribution >= 4 is 0 Å². The van der Waals surface area contributed by atoms with Crippen LogP contribution in [0.25, 0.3) is 0 Å². The Morgan fingerprint density at radius 2 is 1.80 bits per heavy atom. The Hall–Kier alpha value is -0.0400. The molecule has 0 unspecified atom stereocenters. The van der Waals surface area contributed by atoms with Gasteiger partial charge in [-0.1, -0.05) is 27.7 Å². The minimum Gasteiger partial charge on any atom is -0.319 e. The Balaban J connectivity index is 3.63. The molecule has 0 saturated heterocycles. The molecule has 0 rings (SSSR count). The molecule has 1 heteroatoms. The molecule has 0 bridgehead atoms. The summed E-state index contributed by atoms with van der Waals surface area (Å²) < 4.78 is 0. The highest BCUT2D eigenvalue weighted by molar-refractivity contribution is 4.71. The number of hydrogen-bond acceptors (Lipinski definition) is 1. The standard InChI is InChI=1S/C9H21N/c1-8(2)6-9(3,4)7-10-5/h8,10H,6-7H2,1-5H3. The summed E-state index contributed by atoms with van der Waals surface area (Å²) in [5.41, 5.74) is 0.461. The van der Waals surface area contributed by atoms with Crippen LogP contribution in [0.3, 0.4) is 0 Å². The van der Waals surface area contributed by atoms with Crippen molar-refractivity contribution in [2.45, 2.75) is 34.1 Å². The van der Waals surface area contributed by atoms with Gasteiger partial charge in [-0.15, -0.1) is 0 Å². The number of hydrogen-bond donors (Lipinski definition) is 1. The van der Waals surface area contributed by atoms with Crippen LogP contribution in [0.1, 0.15) is 34.1 Å². The highest BCUT2D eigenvalue weighted by atomic mass is 14.8. The van der Waals surface area contributed by atoms with E-state index in [-0.39, 0.29) is 0 Å². The van der Waals surface area contributed by atoms with Gasteiger partial charge in [-0.3, -0.25) is 0 Å². The van der Waals surface area contributed by atoms with Gasteiger partial charge >= 0.3 is 0 Å². The summed E-state index contributed by atoms with van der Waals surface area (Å²) in [5.74, 6) is 0.809. The first-order valence-corrected chi connectivity index (χ1v) is 4.12. The molecule has 0 heterocycles. The Kier molecular flexibility index (Phi) is 3.95. The van der Waals surface area contributed by atoms with Gasteiger partial charge in [0, 0.05) is 0 Å². The molecular formula is C9H21N. The van der Waals surface area contributed by atoms with Crippen LogP contribution in [-0.2, 0) is 0 Å². The summed E-state index contributed by atoms with van der Waals surface area (Å²) in [7, 11) is 2.02. The maximum Gasteiger partial charge on any atom is -0.0000389 e. The first-order chi connectivity index (χ1) is 4.48. The van der Waals surface area contributed by atoms with Crippen molar-refractivity contribution in [3.63, 3.8) is 0 Å². The lowest BCUT2D eigenvalue weighted by molar-refractivity contribution is 0.280. The molecule has 0 fully saturated rings. The van der Waals surface area contributed by atoms with E-state index in [1.807, 2.05) is 7.05 Å². The van der Waals surface area contributed by atoms with Crippen LogP contribution < -0.4 is 5.32 Å². The molecule has 0 radical (unpaired) electrons. The molecule has 0 saturated carbocycles. The van der Waals surface area contributed by atoms with Crippen LogP contribution in [0.2, 0.25) is 0 Å². The van der Waals surface area contributed by atoms with Crippen LogP contribution in [0.5, 0.6) is 0 Å². The van der Waals surface area contributed by atoms with E-state index in [0.29, 0.717) is 5.41 Å². The third-order valence-corrected chi connectivity index (χ3v) is 1.62. The molecule has 0 aliphatic rings. The molecule has 0 aliphatic carbocycles. The molecule has 0 aromatic rings. The Morgan fingerprint density at radius 3 is 2.10 bits per heavy atom. The average molecular weight is 143 g/mol. The molecule has 0 spiro atoms. The van der Waals surface area contributed by atoms with E-state index in [1.54, 1.807) is 0 Å². The maximum absolute atomic E-state index is 3.21. The van der Waals surface area contributed by atoms with Crippen LogP contribution in [0, 0.1) is 11.3 Å². The van der Waals surface area contributed by atoms with Crippen LogP contribution in [0.4, 0.5) is 0 Å². The van der Waals surface area contributed by atoms with Crippen molar-refractivity contribution in [2.24, 2.45) is 11.3 Å². The van der Waals surface area contributed by atoms with Gasteiger partial charge < -0.3 is 5.32 Å². The second-order valence-corrected chi connectivity index (χ2v) is 4.29. The normalized spacial score (nSPS) is 12.6. The third-order valence-electron chi connectivity index (χ3n) is 1.62. The SMILES string of the molecule is CNCC(C)(C)CC(C)C. The van der Waals surface area contributed by atoms with E-state index in [4.69, 9.17) is 0 Å². The van der Waals surface area contributed by atoms with Gasteiger partial charge in [0.25, 0.3) is 0 Å². The lowest BCUT2D eigenvalue weighted by Crippen LogP contribution is -2.27. The summed E-state index contributed by atoms with van der Waals surface area (Å²) in [6.45, 7) is 10.3. The lowest BCUT2D eigenvalue weighted by atomic mass is 9.84. The van der Waals surface area contributed by atoms with Gasteiger partial charge in [-0.2, -0.15) is 0 Å². The highest BCUT2D eigenvalue weighted by Gasteiger charge is 2.17. The largest absolute Gasteiger partial charge is 0.319 e. The quantitative estimate of drug-likeness (QED) is 0.636. The zero-order chi connectivity index (χ0) is 8.20. The molecule has 10 heavy (non-hydrogen) atoms. The molecule has 62 valence electrons. The van der Waals surface area contributed by atoms with E-state index in [2.05, 4.69) is 33.0 Å². The van der Waals surface area contributed by atoms with Crippen molar-refractivity contribution in [1.82, 2.24) is 5.32 Å². The number of nitrogens with one attached hydrogen (secondary N) is 1. The molecular weight excluding hydrogens is 122 g/mol. The summed E-state index contributed by atoms with van der Waals surface area (Å²) in [5, 5.41) is 3.21. The predicted molar refractivity (Wildman–Crippen MR) is 47.2 cm³/mol. The predicted octanol–water partition coefficient (Wildman–Crippen LogP) is 2.28. The fraction of sp³-hybridized carbons (Fsp3) is 1.00. The minimum atomic E-state index is 0.461. The Morgan fingerprint density at radius 1 is 1.30 bits per heavy atom. The third kappa shape index (κ3) is 4.80. The summed E-state index contributed by atoms with van der Waals surface area (Å²) in [6.07, 6.45) is 1.30. The first kappa shape index (κ1) is 9.96.